The summed E-state index contributed by atoms with van der Waals surface area (Å²) in [4.78, 5) is 11.5. The van der Waals surface area contributed by atoms with Gasteiger partial charge in [-0.25, -0.2) is 4.79 Å². The van der Waals surface area contributed by atoms with Gasteiger partial charge in [0, 0.05) is 29.5 Å². The van der Waals surface area contributed by atoms with Gasteiger partial charge in [0.25, 0.3) is 0 Å². The molecule has 0 aliphatic carbocycles. The molecule has 0 aliphatic rings. The van der Waals surface area contributed by atoms with E-state index in [0.717, 1.165) is 16.6 Å². The predicted molar refractivity (Wildman–Crippen MR) is 84.0 cm³/mol. The summed E-state index contributed by atoms with van der Waals surface area (Å²) in [5, 5.41) is 7.62. The fourth-order valence-corrected chi connectivity index (χ4v) is 2.49. The number of esters is 1. The van der Waals surface area contributed by atoms with Crippen LogP contribution in [0.15, 0.2) is 41.1 Å². The lowest BCUT2D eigenvalue weighted by Crippen LogP contribution is -2.30. The van der Waals surface area contributed by atoms with Crippen LogP contribution in [0.25, 0.3) is 0 Å². The van der Waals surface area contributed by atoms with Gasteiger partial charge in [-0.2, -0.15) is 5.10 Å². The van der Waals surface area contributed by atoms with Crippen molar-refractivity contribution in [1.82, 2.24) is 15.1 Å². The van der Waals surface area contributed by atoms with Crippen molar-refractivity contribution in [2.24, 2.45) is 0 Å². The SMILES string of the molecule is COC(=O)c1ccc(CNC(C)Cn2cccn2)c(Br)c1. The van der Waals surface area contributed by atoms with E-state index in [1.54, 1.807) is 18.3 Å². The number of carbonyl (C=O) groups excluding carboxylic acids is 1. The van der Waals surface area contributed by atoms with Gasteiger partial charge in [0.2, 0.25) is 0 Å². The molecular weight excluding hydrogens is 334 g/mol. The summed E-state index contributed by atoms with van der Waals surface area (Å²) in [6.45, 7) is 3.63. The van der Waals surface area contributed by atoms with Crippen LogP contribution in [0.1, 0.15) is 22.8 Å². The van der Waals surface area contributed by atoms with Crippen LogP contribution in [-0.4, -0.2) is 28.9 Å². The highest BCUT2D eigenvalue weighted by atomic mass is 79.9. The molecule has 6 heteroatoms. The van der Waals surface area contributed by atoms with Gasteiger partial charge in [0.15, 0.2) is 0 Å². The van der Waals surface area contributed by atoms with Gasteiger partial charge in [-0.05, 0) is 30.7 Å². The topological polar surface area (TPSA) is 56.1 Å². The lowest BCUT2D eigenvalue weighted by Gasteiger charge is -2.15. The second-order valence-electron chi connectivity index (χ2n) is 4.81. The number of aromatic nitrogens is 2. The van der Waals surface area contributed by atoms with Gasteiger partial charge in [-0.1, -0.05) is 22.0 Å². The summed E-state index contributed by atoms with van der Waals surface area (Å²) in [6.07, 6.45) is 3.72. The number of carbonyl (C=O) groups is 1. The molecule has 112 valence electrons. The first-order valence-corrected chi connectivity index (χ1v) is 7.47. The second-order valence-corrected chi connectivity index (χ2v) is 5.66. The molecule has 1 aromatic heterocycles. The van der Waals surface area contributed by atoms with Crippen LogP contribution in [0, 0.1) is 0 Å². The Kier molecular flexibility index (Phi) is 5.52. The van der Waals surface area contributed by atoms with Crippen LogP contribution in [0.3, 0.4) is 0 Å². The van der Waals surface area contributed by atoms with Crippen LogP contribution >= 0.6 is 15.9 Å². The van der Waals surface area contributed by atoms with E-state index in [0.29, 0.717) is 12.1 Å². The number of nitrogens with zero attached hydrogens (tertiary/aromatic N) is 2. The quantitative estimate of drug-likeness (QED) is 0.812. The Morgan fingerprint density at radius 2 is 2.33 bits per heavy atom. The van der Waals surface area contributed by atoms with Gasteiger partial charge in [-0.15, -0.1) is 0 Å². The van der Waals surface area contributed by atoms with E-state index in [1.807, 2.05) is 23.0 Å². The van der Waals surface area contributed by atoms with Crippen molar-refractivity contribution in [3.63, 3.8) is 0 Å². The molecule has 0 saturated heterocycles. The Hall–Kier alpha value is -1.66. The van der Waals surface area contributed by atoms with Crippen LogP contribution in [0.4, 0.5) is 0 Å². The standard InChI is InChI=1S/C15H18BrN3O2/c1-11(10-19-7-3-6-18-19)17-9-13-5-4-12(8-14(13)16)15(20)21-2/h3-8,11,17H,9-10H2,1-2H3. The minimum Gasteiger partial charge on any atom is -0.465 e. The van der Waals surface area contributed by atoms with E-state index in [9.17, 15) is 4.79 Å². The third kappa shape index (κ3) is 4.41. The maximum Gasteiger partial charge on any atom is 0.337 e. The van der Waals surface area contributed by atoms with Crippen molar-refractivity contribution in [1.29, 1.82) is 0 Å². The molecule has 0 saturated carbocycles. The third-order valence-electron chi connectivity index (χ3n) is 3.14. The zero-order valence-corrected chi connectivity index (χ0v) is 13.6. The number of halogens is 1. The molecule has 0 amide bonds. The highest BCUT2D eigenvalue weighted by molar-refractivity contribution is 9.10. The molecule has 1 atom stereocenters. The van der Waals surface area contributed by atoms with Crippen LogP contribution in [0.2, 0.25) is 0 Å². The van der Waals surface area contributed by atoms with Crippen molar-refractivity contribution >= 4 is 21.9 Å². The zero-order valence-electron chi connectivity index (χ0n) is 12.0. The first-order valence-electron chi connectivity index (χ1n) is 6.67. The Morgan fingerprint density at radius 3 is 2.95 bits per heavy atom. The monoisotopic (exact) mass is 351 g/mol. The maximum absolute atomic E-state index is 11.5. The van der Waals surface area contributed by atoms with Crippen molar-refractivity contribution in [2.75, 3.05) is 7.11 Å². The van der Waals surface area contributed by atoms with E-state index in [-0.39, 0.29) is 12.0 Å². The molecule has 5 nitrogen and oxygen atoms in total. The molecule has 21 heavy (non-hydrogen) atoms. The van der Waals surface area contributed by atoms with Crippen LogP contribution < -0.4 is 5.32 Å². The fraction of sp³-hybridized carbons (Fsp3) is 0.333. The van der Waals surface area contributed by atoms with Gasteiger partial charge < -0.3 is 10.1 Å². The maximum atomic E-state index is 11.5. The normalized spacial score (nSPS) is 12.1. The number of methoxy groups -OCH3 is 1. The molecule has 2 aromatic rings. The summed E-state index contributed by atoms with van der Waals surface area (Å²) in [7, 11) is 1.38. The lowest BCUT2D eigenvalue weighted by atomic mass is 10.1. The minimum atomic E-state index is -0.331. The number of ether oxygens (including phenoxy) is 1. The summed E-state index contributed by atoms with van der Waals surface area (Å²) in [6, 6.07) is 7.67. The van der Waals surface area contributed by atoms with Crippen molar-refractivity contribution in [3.8, 4) is 0 Å². The predicted octanol–water partition coefficient (Wildman–Crippen LogP) is 2.61. The number of rotatable bonds is 6. The van der Waals surface area contributed by atoms with Crippen molar-refractivity contribution < 1.29 is 9.53 Å². The summed E-state index contributed by atoms with van der Waals surface area (Å²) in [5.41, 5.74) is 1.63. The first kappa shape index (κ1) is 15.7. The molecule has 1 unspecified atom stereocenters. The second kappa shape index (κ2) is 7.38. The molecule has 0 fully saturated rings. The number of nitrogens with one attached hydrogen (secondary N) is 1. The van der Waals surface area contributed by atoms with E-state index in [2.05, 4.69) is 33.3 Å². The molecule has 1 heterocycles. The highest BCUT2D eigenvalue weighted by Gasteiger charge is 2.09. The van der Waals surface area contributed by atoms with Crippen LogP contribution in [0.5, 0.6) is 0 Å². The van der Waals surface area contributed by atoms with E-state index in [4.69, 9.17) is 4.74 Å². The largest absolute Gasteiger partial charge is 0.465 e. The average Bonchev–Trinajstić information content (AvgIpc) is 2.98. The van der Waals surface area contributed by atoms with E-state index >= 15 is 0 Å². The number of benzene rings is 1. The summed E-state index contributed by atoms with van der Waals surface area (Å²) in [5.74, 6) is -0.331. The molecule has 2 rings (SSSR count). The first-order chi connectivity index (χ1) is 10.1. The zero-order chi connectivity index (χ0) is 15.2. The van der Waals surface area contributed by atoms with Crippen LogP contribution in [-0.2, 0) is 17.8 Å². The Balaban J connectivity index is 1.92. The number of hydrogen-bond donors (Lipinski definition) is 1. The average molecular weight is 352 g/mol. The Morgan fingerprint density at radius 1 is 1.52 bits per heavy atom. The molecular formula is C15H18BrN3O2. The Labute approximate surface area is 132 Å². The van der Waals surface area contributed by atoms with E-state index in [1.165, 1.54) is 7.11 Å². The van der Waals surface area contributed by atoms with E-state index < -0.39 is 0 Å². The molecule has 1 N–H and O–H groups in total. The Bertz CT molecular complexity index is 599. The fourth-order valence-electron chi connectivity index (χ4n) is 1.97. The summed E-state index contributed by atoms with van der Waals surface area (Å²) < 4.78 is 7.49. The lowest BCUT2D eigenvalue weighted by molar-refractivity contribution is 0.0600. The molecule has 0 spiro atoms. The van der Waals surface area contributed by atoms with Gasteiger partial charge >= 0.3 is 5.97 Å². The third-order valence-corrected chi connectivity index (χ3v) is 3.87. The minimum absolute atomic E-state index is 0.289. The molecule has 0 aliphatic heterocycles. The van der Waals surface area contributed by atoms with Gasteiger partial charge in [0.05, 0.1) is 19.2 Å². The highest BCUT2D eigenvalue weighted by Crippen LogP contribution is 2.19. The molecule has 0 bridgehead atoms. The van der Waals surface area contributed by atoms with Crippen molar-refractivity contribution in [3.05, 3.63) is 52.3 Å². The van der Waals surface area contributed by atoms with Gasteiger partial charge in [0.1, 0.15) is 0 Å². The molecule has 1 aromatic carbocycles. The molecule has 0 radical (unpaired) electrons. The summed E-state index contributed by atoms with van der Waals surface area (Å²) >= 11 is 3.49. The van der Waals surface area contributed by atoms with Gasteiger partial charge in [-0.3, -0.25) is 4.68 Å². The van der Waals surface area contributed by atoms with Crippen molar-refractivity contribution in [2.45, 2.75) is 26.1 Å². The smallest absolute Gasteiger partial charge is 0.337 e. The number of hydrogen-bond acceptors (Lipinski definition) is 4.